The summed E-state index contributed by atoms with van der Waals surface area (Å²) in [6, 6.07) is 3.33. The van der Waals surface area contributed by atoms with Crippen LogP contribution in [-0.2, 0) is 16.0 Å². The van der Waals surface area contributed by atoms with E-state index >= 15 is 0 Å². The minimum absolute atomic E-state index is 0.391. The molecule has 17 heavy (non-hydrogen) atoms. The molecule has 4 heteroatoms. The van der Waals surface area contributed by atoms with Gasteiger partial charge in [0, 0.05) is 0 Å². The summed E-state index contributed by atoms with van der Waals surface area (Å²) in [6.07, 6.45) is 0.476. The predicted molar refractivity (Wildman–Crippen MR) is 66.2 cm³/mol. The van der Waals surface area contributed by atoms with E-state index in [4.69, 9.17) is 10.5 Å². The second-order valence-electron chi connectivity index (χ2n) is 4.08. The lowest BCUT2D eigenvalue weighted by Gasteiger charge is -2.14. The highest BCUT2D eigenvalue weighted by molar-refractivity contribution is 5.75. The molecule has 1 aromatic carbocycles. The molecule has 0 spiro atoms. The lowest BCUT2D eigenvalue weighted by atomic mass is 9.98. The smallest absolute Gasteiger partial charge is 0.322 e. The lowest BCUT2D eigenvalue weighted by molar-refractivity contribution is -0.142. The standard InChI is InChI=1S/C13H19NO3/c1-8-6-12(16-3)9(2)5-10(8)7-11(14)13(15)17-4/h5-6,11H,7,14H2,1-4H3/t11-/m0/s1. The van der Waals surface area contributed by atoms with Gasteiger partial charge in [-0.3, -0.25) is 4.79 Å². The Morgan fingerprint density at radius 3 is 2.47 bits per heavy atom. The summed E-state index contributed by atoms with van der Waals surface area (Å²) in [5, 5.41) is 0. The number of methoxy groups -OCH3 is 2. The normalized spacial score (nSPS) is 12.1. The number of hydrogen-bond acceptors (Lipinski definition) is 4. The molecular weight excluding hydrogens is 218 g/mol. The van der Waals surface area contributed by atoms with E-state index in [1.807, 2.05) is 26.0 Å². The van der Waals surface area contributed by atoms with E-state index in [0.29, 0.717) is 6.42 Å². The maximum Gasteiger partial charge on any atom is 0.322 e. The van der Waals surface area contributed by atoms with Gasteiger partial charge in [0.2, 0.25) is 0 Å². The first-order valence-corrected chi connectivity index (χ1v) is 5.47. The van der Waals surface area contributed by atoms with E-state index in [0.717, 1.165) is 22.4 Å². The van der Waals surface area contributed by atoms with Crippen LogP contribution in [0.2, 0.25) is 0 Å². The van der Waals surface area contributed by atoms with Crippen LogP contribution < -0.4 is 10.5 Å². The third-order valence-electron chi connectivity index (χ3n) is 2.80. The Hall–Kier alpha value is -1.55. The van der Waals surface area contributed by atoms with Crippen LogP contribution in [0.4, 0.5) is 0 Å². The van der Waals surface area contributed by atoms with Crippen molar-refractivity contribution in [2.24, 2.45) is 5.73 Å². The number of benzene rings is 1. The van der Waals surface area contributed by atoms with Gasteiger partial charge >= 0.3 is 5.97 Å². The van der Waals surface area contributed by atoms with Crippen LogP contribution >= 0.6 is 0 Å². The zero-order valence-electron chi connectivity index (χ0n) is 10.7. The zero-order chi connectivity index (χ0) is 13.0. The van der Waals surface area contributed by atoms with Crippen molar-refractivity contribution in [1.29, 1.82) is 0 Å². The van der Waals surface area contributed by atoms with Crippen molar-refractivity contribution in [2.75, 3.05) is 14.2 Å². The number of rotatable bonds is 4. The number of nitrogens with two attached hydrogens (primary N) is 1. The Morgan fingerprint density at radius 2 is 1.94 bits per heavy atom. The highest BCUT2D eigenvalue weighted by Gasteiger charge is 2.16. The SMILES string of the molecule is COC(=O)[C@@H](N)Cc1cc(C)c(OC)cc1C. The minimum Gasteiger partial charge on any atom is -0.496 e. The molecule has 1 aromatic rings. The molecule has 0 bridgehead atoms. The number of aryl methyl sites for hydroxylation is 2. The monoisotopic (exact) mass is 237 g/mol. The van der Waals surface area contributed by atoms with Crippen LogP contribution in [0.5, 0.6) is 5.75 Å². The molecule has 0 aliphatic carbocycles. The van der Waals surface area contributed by atoms with E-state index in [9.17, 15) is 4.79 Å². The molecular formula is C13H19NO3. The van der Waals surface area contributed by atoms with Crippen LogP contribution in [0.3, 0.4) is 0 Å². The van der Waals surface area contributed by atoms with Crippen molar-refractivity contribution in [1.82, 2.24) is 0 Å². The van der Waals surface area contributed by atoms with Gasteiger partial charge < -0.3 is 15.2 Å². The van der Waals surface area contributed by atoms with Gasteiger partial charge in [-0.2, -0.15) is 0 Å². The second kappa shape index (κ2) is 5.68. The molecule has 0 unspecified atom stereocenters. The van der Waals surface area contributed by atoms with E-state index in [2.05, 4.69) is 4.74 Å². The summed E-state index contributed by atoms with van der Waals surface area (Å²) in [7, 11) is 2.98. The fraction of sp³-hybridized carbons (Fsp3) is 0.462. The van der Waals surface area contributed by atoms with Gasteiger partial charge in [0.15, 0.2) is 0 Å². The van der Waals surface area contributed by atoms with Crippen molar-refractivity contribution >= 4 is 5.97 Å². The van der Waals surface area contributed by atoms with Crippen LogP contribution in [-0.4, -0.2) is 26.2 Å². The van der Waals surface area contributed by atoms with Crippen molar-refractivity contribution in [2.45, 2.75) is 26.3 Å². The van der Waals surface area contributed by atoms with E-state index in [1.54, 1.807) is 7.11 Å². The largest absolute Gasteiger partial charge is 0.496 e. The third kappa shape index (κ3) is 3.20. The van der Waals surface area contributed by atoms with Gasteiger partial charge in [-0.15, -0.1) is 0 Å². The Bertz CT molecular complexity index is 415. The topological polar surface area (TPSA) is 61.5 Å². The second-order valence-corrected chi connectivity index (χ2v) is 4.08. The van der Waals surface area contributed by atoms with Gasteiger partial charge in [0.25, 0.3) is 0 Å². The van der Waals surface area contributed by atoms with Crippen LogP contribution in [0.25, 0.3) is 0 Å². The predicted octanol–water partition coefficient (Wildman–Crippen LogP) is 1.35. The maximum atomic E-state index is 11.3. The van der Waals surface area contributed by atoms with Crippen LogP contribution in [0.15, 0.2) is 12.1 Å². The molecule has 0 aliphatic heterocycles. The maximum absolute atomic E-state index is 11.3. The molecule has 4 nitrogen and oxygen atoms in total. The summed E-state index contributed by atoms with van der Waals surface area (Å²) >= 11 is 0. The number of carbonyl (C=O) groups is 1. The van der Waals surface area contributed by atoms with E-state index in [-0.39, 0.29) is 0 Å². The van der Waals surface area contributed by atoms with Crippen LogP contribution in [0, 0.1) is 13.8 Å². The molecule has 0 radical (unpaired) electrons. The van der Waals surface area contributed by atoms with Gasteiger partial charge in [0.1, 0.15) is 11.8 Å². The summed E-state index contributed by atoms with van der Waals surface area (Å²) in [5.74, 6) is 0.454. The van der Waals surface area contributed by atoms with E-state index < -0.39 is 12.0 Å². The van der Waals surface area contributed by atoms with E-state index in [1.165, 1.54) is 7.11 Å². The van der Waals surface area contributed by atoms with Gasteiger partial charge in [-0.1, -0.05) is 6.07 Å². The lowest BCUT2D eigenvalue weighted by Crippen LogP contribution is -2.33. The third-order valence-corrected chi connectivity index (χ3v) is 2.80. The first kappa shape index (κ1) is 13.5. The Balaban J connectivity index is 2.92. The van der Waals surface area contributed by atoms with Crippen molar-refractivity contribution in [3.63, 3.8) is 0 Å². The number of ether oxygens (including phenoxy) is 2. The quantitative estimate of drug-likeness (QED) is 0.803. The van der Waals surface area contributed by atoms with Gasteiger partial charge in [-0.25, -0.2) is 0 Å². The molecule has 1 atom stereocenters. The molecule has 94 valence electrons. The fourth-order valence-corrected chi connectivity index (χ4v) is 1.76. The molecule has 0 aromatic heterocycles. The van der Waals surface area contributed by atoms with Crippen molar-refractivity contribution < 1.29 is 14.3 Å². The summed E-state index contributed by atoms with van der Waals surface area (Å²) in [5.41, 5.74) is 8.88. The molecule has 0 fully saturated rings. The number of hydrogen-bond donors (Lipinski definition) is 1. The molecule has 0 amide bonds. The fourth-order valence-electron chi connectivity index (χ4n) is 1.76. The average Bonchev–Trinajstić information content (AvgIpc) is 2.32. The summed E-state index contributed by atoms with van der Waals surface area (Å²) in [4.78, 5) is 11.3. The Morgan fingerprint density at radius 1 is 1.29 bits per heavy atom. The van der Waals surface area contributed by atoms with Crippen molar-refractivity contribution in [3.05, 3.63) is 28.8 Å². The highest BCUT2D eigenvalue weighted by atomic mass is 16.5. The van der Waals surface area contributed by atoms with Gasteiger partial charge in [-0.05, 0) is 43.0 Å². The molecule has 0 saturated heterocycles. The van der Waals surface area contributed by atoms with Crippen LogP contribution in [0.1, 0.15) is 16.7 Å². The molecule has 0 aliphatic rings. The number of carbonyl (C=O) groups excluding carboxylic acids is 1. The minimum atomic E-state index is -0.619. The summed E-state index contributed by atoms with van der Waals surface area (Å²) < 4.78 is 9.84. The Kier molecular flexibility index (Phi) is 4.52. The number of esters is 1. The molecule has 1 rings (SSSR count). The molecule has 2 N–H and O–H groups in total. The average molecular weight is 237 g/mol. The summed E-state index contributed by atoms with van der Waals surface area (Å²) in [6.45, 7) is 3.94. The molecule has 0 heterocycles. The van der Waals surface area contributed by atoms with Gasteiger partial charge in [0.05, 0.1) is 14.2 Å². The highest BCUT2D eigenvalue weighted by Crippen LogP contribution is 2.23. The first-order chi connectivity index (χ1) is 7.99. The Labute approximate surface area is 102 Å². The first-order valence-electron chi connectivity index (χ1n) is 5.47. The zero-order valence-corrected chi connectivity index (χ0v) is 10.7. The van der Waals surface area contributed by atoms with Crippen molar-refractivity contribution in [3.8, 4) is 5.75 Å². The molecule has 0 saturated carbocycles.